The summed E-state index contributed by atoms with van der Waals surface area (Å²) in [7, 11) is 1.96. The van der Waals surface area contributed by atoms with E-state index in [2.05, 4.69) is 58.4 Å². The molecule has 0 unspecified atom stereocenters. The molecule has 0 spiro atoms. The van der Waals surface area contributed by atoms with E-state index >= 15 is 0 Å². The molecule has 4 heterocycles. The summed E-state index contributed by atoms with van der Waals surface area (Å²) in [6, 6.07) is 12.4. The van der Waals surface area contributed by atoms with Gasteiger partial charge in [-0.1, -0.05) is 19.9 Å². The van der Waals surface area contributed by atoms with Crippen molar-refractivity contribution in [2.45, 2.75) is 39.8 Å². The lowest BCUT2D eigenvalue weighted by Crippen LogP contribution is -2.15. The molecule has 2 N–H and O–H groups in total. The maximum Gasteiger partial charge on any atom is 0.252 e. The molecule has 180 valence electrons. The van der Waals surface area contributed by atoms with E-state index in [0.717, 1.165) is 58.8 Å². The Balaban J connectivity index is 1.58. The lowest BCUT2D eigenvalue weighted by molar-refractivity contribution is 0.0966. The number of benzene rings is 2. The molecule has 3 aromatic heterocycles. The average molecular weight is 477 g/mol. The Labute approximate surface area is 209 Å². The van der Waals surface area contributed by atoms with E-state index in [4.69, 9.17) is 5.10 Å². The first-order valence-electron chi connectivity index (χ1n) is 12.6. The van der Waals surface area contributed by atoms with Gasteiger partial charge in [0.1, 0.15) is 5.82 Å². The van der Waals surface area contributed by atoms with Gasteiger partial charge in [0.2, 0.25) is 0 Å². The minimum Gasteiger partial charge on any atom is -0.348 e. The van der Waals surface area contributed by atoms with Crippen molar-refractivity contribution in [3.63, 3.8) is 0 Å². The van der Waals surface area contributed by atoms with Crippen LogP contribution in [0, 0.1) is 5.92 Å². The molecule has 0 atom stereocenters. The van der Waals surface area contributed by atoms with Crippen LogP contribution in [0.25, 0.3) is 32.9 Å². The quantitative estimate of drug-likeness (QED) is 0.368. The van der Waals surface area contributed by atoms with Crippen LogP contribution in [0.2, 0.25) is 0 Å². The van der Waals surface area contributed by atoms with Gasteiger partial charge in [-0.3, -0.25) is 9.48 Å². The van der Waals surface area contributed by atoms with Crippen molar-refractivity contribution in [3.8, 4) is 11.1 Å². The summed E-state index contributed by atoms with van der Waals surface area (Å²) in [4.78, 5) is 17.7. The molecule has 1 amide bonds. The fraction of sp³-hybridized carbons (Fsp3) is 0.276. The van der Waals surface area contributed by atoms with Gasteiger partial charge in [-0.2, -0.15) is 5.10 Å². The second-order valence-electron chi connectivity index (χ2n) is 10.4. The SMILES string of the molecule is CC(C)Cn1c2ccc(Nc3ccccn3)cc2c2c3c(c4c(c21)CCc1nn(C)cc1-4)C(=O)NC3. The zero-order valence-electron chi connectivity index (χ0n) is 20.7. The zero-order chi connectivity index (χ0) is 24.6. The average Bonchev–Trinajstić information content (AvgIpc) is 3.52. The lowest BCUT2D eigenvalue weighted by Gasteiger charge is -2.22. The number of hydrogen-bond donors (Lipinski definition) is 2. The van der Waals surface area contributed by atoms with E-state index in [9.17, 15) is 4.79 Å². The van der Waals surface area contributed by atoms with Crippen LogP contribution >= 0.6 is 0 Å². The highest BCUT2D eigenvalue weighted by molar-refractivity contribution is 6.19. The summed E-state index contributed by atoms with van der Waals surface area (Å²) in [6.45, 7) is 5.99. The van der Waals surface area contributed by atoms with Crippen LogP contribution in [-0.2, 0) is 33.0 Å². The number of amides is 1. The molecule has 1 aliphatic carbocycles. The molecule has 2 aromatic carbocycles. The summed E-state index contributed by atoms with van der Waals surface area (Å²) >= 11 is 0. The molecular weight excluding hydrogens is 448 g/mol. The Hall–Kier alpha value is -4.13. The van der Waals surface area contributed by atoms with Crippen molar-refractivity contribution < 1.29 is 4.79 Å². The van der Waals surface area contributed by atoms with E-state index in [-0.39, 0.29) is 5.91 Å². The third-order valence-electron chi connectivity index (χ3n) is 7.43. The summed E-state index contributed by atoms with van der Waals surface area (Å²) in [5, 5.41) is 13.7. The number of anilines is 2. The highest BCUT2D eigenvalue weighted by Crippen LogP contribution is 2.47. The Morgan fingerprint density at radius 2 is 2.00 bits per heavy atom. The minimum absolute atomic E-state index is 0.0207. The standard InChI is InChI=1S/C29H28N6O/c1-16(2)14-35-23-10-7-17(32-24-6-4-5-11-30-24)12-19(23)26-20-13-31-29(36)27(20)25-18(28(26)35)8-9-22-21(25)15-34(3)33-22/h4-7,10-12,15-16H,8-9,13-14H2,1-3H3,(H,30,32)(H,31,36). The maximum absolute atomic E-state index is 13.3. The van der Waals surface area contributed by atoms with Crippen LogP contribution in [-0.4, -0.2) is 25.2 Å². The third-order valence-corrected chi connectivity index (χ3v) is 7.43. The number of carbonyl (C=O) groups excluding carboxylic acids is 1. The van der Waals surface area contributed by atoms with E-state index in [1.54, 1.807) is 6.20 Å². The van der Waals surface area contributed by atoms with Crippen molar-refractivity contribution in [1.82, 2.24) is 24.6 Å². The van der Waals surface area contributed by atoms with Crippen molar-refractivity contribution in [2.24, 2.45) is 13.0 Å². The van der Waals surface area contributed by atoms with Gasteiger partial charge >= 0.3 is 0 Å². The molecule has 1 aliphatic heterocycles. The second kappa shape index (κ2) is 7.68. The second-order valence-corrected chi connectivity index (χ2v) is 10.4. The number of rotatable bonds is 4. The van der Waals surface area contributed by atoms with Crippen LogP contribution < -0.4 is 10.6 Å². The Kier molecular flexibility index (Phi) is 4.52. The van der Waals surface area contributed by atoms with Crippen molar-refractivity contribution in [3.05, 3.63) is 71.2 Å². The third kappa shape index (κ3) is 3.02. The number of pyridine rings is 1. The van der Waals surface area contributed by atoms with Crippen LogP contribution in [0.3, 0.4) is 0 Å². The summed E-state index contributed by atoms with van der Waals surface area (Å²) in [5.41, 5.74) is 9.95. The summed E-state index contributed by atoms with van der Waals surface area (Å²) in [6.07, 6.45) is 5.63. The molecule has 0 saturated carbocycles. The largest absolute Gasteiger partial charge is 0.348 e. The number of carbonyl (C=O) groups is 1. The number of nitrogens with one attached hydrogen (secondary N) is 2. The molecule has 7 heteroatoms. The van der Waals surface area contributed by atoms with Gasteiger partial charge in [0, 0.05) is 65.6 Å². The van der Waals surface area contributed by atoms with E-state index in [1.165, 1.54) is 27.4 Å². The van der Waals surface area contributed by atoms with Gasteiger partial charge in [0.05, 0.1) is 16.8 Å². The molecule has 7 rings (SSSR count). The number of hydrogen-bond acceptors (Lipinski definition) is 4. The topological polar surface area (TPSA) is 76.8 Å². The highest BCUT2D eigenvalue weighted by Gasteiger charge is 2.35. The molecule has 0 saturated heterocycles. The van der Waals surface area contributed by atoms with Crippen molar-refractivity contribution in [1.29, 1.82) is 0 Å². The Bertz CT molecular complexity index is 1690. The molecule has 0 fully saturated rings. The Morgan fingerprint density at radius 1 is 1.11 bits per heavy atom. The van der Waals surface area contributed by atoms with Gasteiger partial charge in [-0.05, 0) is 60.2 Å². The van der Waals surface area contributed by atoms with Gasteiger partial charge in [0.25, 0.3) is 5.91 Å². The van der Waals surface area contributed by atoms with Crippen molar-refractivity contribution in [2.75, 3.05) is 5.32 Å². The fourth-order valence-corrected chi connectivity index (χ4v) is 6.13. The van der Waals surface area contributed by atoms with Gasteiger partial charge in [-0.25, -0.2) is 4.98 Å². The Morgan fingerprint density at radius 3 is 2.81 bits per heavy atom. The normalized spacial score (nSPS) is 14.3. The highest BCUT2D eigenvalue weighted by atomic mass is 16.1. The smallest absolute Gasteiger partial charge is 0.252 e. The lowest BCUT2D eigenvalue weighted by atomic mass is 9.82. The van der Waals surface area contributed by atoms with Gasteiger partial charge < -0.3 is 15.2 Å². The fourth-order valence-electron chi connectivity index (χ4n) is 6.13. The van der Waals surface area contributed by atoms with E-state index in [1.807, 2.05) is 29.9 Å². The van der Waals surface area contributed by atoms with Crippen LogP contribution in [0.1, 0.15) is 41.0 Å². The molecule has 36 heavy (non-hydrogen) atoms. The van der Waals surface area contributed by atoms with E-state index < -0.39 is 0 Å². The number of aromatic nitrogens is 4. The van der Waals surface area contributed by atoms with Crippen molar-refractivity contribution >= 4 is 39.2 Å². The first-order chi connectivity index (χ1) is 17.5. The van der Waals surface area contributed by atoms with Gasteiger partial charge in [-0.15, -0.1) is 0 Å². The number of nitrogens with zero attached hydrogens (tertiary/aromatic N) is 4. The monoisotopic (exact) mass is 476 g/mol. The summed E-state index contributed by atoms with van der Waals surface area (Å²) < 4.78 is 4.37. The number of fused-ring (bicyclic) bond motifs is 10. The molecule has 5 aromatic rings. The van der Waals surface area contributed by atoms with Crippen LogP contribution in [0.15, 0.2) is 48.8 Å². The molecule has 0 bridgehead atoms. The van der Waals surface area contributed by atoms with Gasteiger partial charge in [0.15, 0.2) is 0 Å². The first-order valence-corrected chi connectivity index (χ1v) is 12.6. The molecule has 7 nitrogen and oxygen atoms in total. The predicted molar refractivity (Wildman–Crippen MR) is 143 cm³/mol. The van der Waals surface area contributed by atoms with E-state index in [0.29, 0.717) is 12.5 Å². The molecule has 0 radical (unpaired) electrons. The number of aryl methyl sites for hydroxylation is 3. The molecule has 2 aliphatic rings. The summed E-state index contributed by atoms with van der Waals surface area (Å²) in [5.74, 6) is 1.31. The first kappa shape index (κ1) is 21.2. The van der Waals surface area contributed by atoms with Crippen LogP contribution in [0.4, 0.5) is 11.5 Å². The maximum atomic E-state index is 13.3. The zero-order valence-corrected chi connectivity index (χ0v) is 20.7. The predicted octanol–water partition coefficient (Wildman–Crippen LogP) is 5.33. The molecular formula is C29H28N6O. The minimum atomic E-state index is 0.0207. The van der Waals surface area contributed by atoms with Crippen LogP contribution in [0.5, 0.6) is 0 Å².